The summed E-state index contributed by atoms with van der Waals surface area (Å²) in [5.74, 6) is 0.638. The molecule has 1 aliphatic rings. The van der Waals surface area contributed by atoms with Gasteiger partial charge in [-0.3, -0.25) is 19.8 Å². The van der Waals surface area contributed by atoms with Crippen molar-refractivity contribution in [1.82, 2.24) is 0 Å². The van der Waals surface area contributed by atoms with Gasteiger partial charge in [0.1, 0.15) is 17.3 Å². The first-order valence-electron chi connectivity index (χ1n) is 7.60. The average Bonchev–Trinajstić information content (AvgIpc) is 2.89. The van der Waals surface area contributed by atoms with Crippen LogP contribution in [-0.4, -0.2) is 23.8 Å². The van der Waals surface area contributed by atoms with Gasteiger partial charge in [0.2, 0.25) is 0 Å². The van der Waals surface area contributed by atoms with Crippen LogP contribution in [0.1, 0.15) is 12.5 Å². The summed E-state index contributed by atoms with van der Waals surface area (Å²) in [6, 6.07) is 10.9. The highest BCUT2D eigenvalue weighted by Gasteiger charge is 2.31. The molecule has 0 radical (unpaired) electrons. The topological polar surface area (TPSA) is 85.0 Å². The van der Waals surface area contributed by atoms with Crippen LogP contribution in [0.5, 0.6) is 5.75 Å². The molecule has 0 fully saturated rings. The Balaban J connectivity index is 1.95. The minimum absolute atomic E-state index is 0.0186. The molecule has 26 heavy (non-hydrogen) atoms. The number of carbonyl (C=O) groups is 1. The van der Waals surface area contributed by atoms with E-state index in [4.69, 9.17) is 16.3 Å². The molecule has 1 amide bonds. The van der Waals surface area contributed by atoms with Crippen molar-refractivity contribution in [3.8, 4) is 5.75 Å². The Morgan fingerprint density at radius 2 is 1.92 bits per heavy atom. The lowest BCUT2D eigenvalue weighted by Gasteiger charge is -2.19. The van der Waals surface area contributed by atoms with Crippen molar-refractivity contribution in [3.05, 3.63) is 68.9 Å². The molecule has 0 spiro atoms. The molecule has 132 valence electrons. The molecule has 2 aromatic rings. The number of rotatable bonds is 4. The Labute approximate surface area is 154 Å². The summed E-state index contributed by atoms with van der Waals surface area (Å²) >= 11 is 6.05. The number of hydrogen-bond acceptors (Lipinski definition) is 5. The summed E-state index contributed by atoms with van der Waals surface area (Å²) in [5.41, 5.74) is 1.34. The molecule has 0 unspecified atom stereocenters. The number of amidine groups is 1. The van der Waals surface area contributed by atoms with Gasteiger partial charge in [-0.25, -0.2) is 4.99 Å². The van der Waals surface area contributed by atoms with Crippen LogP contribution >= 0.6 is 11.6 Å². The summed E-state index contributed by atoms with van der Waals surface area (Å²) in [6.45, 7) is 1.70. The molecule has 0 aromatic heterocycles. The predicted molar refractivity (Wildman–Crippen MR) is 99.7 cm³/mol. The number of carbonyl (C=O) groups excluding carboxylic acids is 1. The van der Waals surface area contributed by atoms with Crippen LogP contribution in [0.3, 0.4) is 0 Å². The lowest BCUT2D eigenvalue weighted by molar-refractivity contribution is -0.384. The standard InChI is InChI=1S/C18H14ClN3O4/c1-11-20-15(9-12-3-6-14(7-4-12)22(24)25)18(23)21(11)16-10-13(19)5-8-17(16)26-2/h3-10H,1-2H3. The van der Waals surface area contributed by atoms with Gasteiger partial charge in [0.15, 0.2) is 0 Å². The Hall–Kier alpha value is -3.19. The van der Waals surface area contributed by atoms with Crippen LogP contribution in [0.25, 0.3) is 6.08 Å². The monoisotopic (exact) mass is 371 g/mol. The number of methoxy groups -OCH3 is 1. The maximum absolute atomic E-state index is 12.8. The third-order valence-electron chi connectivity index (χ3n) is 3.82. The van der Waals surface area contributed by atoms with E-state index in [1.54, 1.807) is 43.3 Å². The Morgan fingerprint density at radius 3 is 2.54 bits per heavy atom. The molecule has 2 aromatic carbocycles. The van der Waals surface area contributed by atoms with Crippen LogP contribution in [0.2, 0.25) is 5.02 Å². The summed E-state index contributed by atoms with van der Waals surface area (Å²) in [7, 11) is 1.51. The molecule has 0 atom stereocenters. The zero-order chi connectivity index (χ0) is 18.8. The van der Waals surface area contributed by atoms with E-state index in [-0.39, 0.29) is 17.3 Å². The minimum atomic E-state index is -0.479. The van der Waals surface area contributed by atoms with E-state index >= 15 is 0 Å². The molecular weight excluding hydrogens is 358 g/mol. The predicted octanol–water partition coefficient (Wildman–Crippen LogP) is 4.06. The first-order chi connectivity index (χ1) is 12.4. The van der Waals surface area contributed by atoms with Gasteiger partial charge in [-0.05, 0) is 48.9 Å². The van der Waals surface area contributed by atoms with Crippen molar-refractivity contribution in [3.63, 3.8) is 0 Å². The molecule has 8 heteroatoms. The number of nitrogens with zero attached hydrogens (tertiary/aromatic N) is 3. The smallest absolute Gasteiger partial charge is 0.282 e. The second-order valence-corrected chi connectivity index (χ2v) is 5.93. The van der Waals surface area contributed by atoms with Gasteiger partial charge >= 0.3 is 0 Å². The number of anilines is 1. The lowest BCUT2D eigenvalue weighted by Crippen LogP contribution is -2.30. The highest BCUT2D eigenvalue weighted by Crippen LogP contribution is 2.35. The van der Waals surface area contributed by atoms with Gasteiger partial charge in [-0.15, -0.1) is 0 Å². The molecule has 1 aliphatic heterocycles. The SMILES string of the molecule is COc1ccc(Cl)cc1N1C(=O)C(=Cc2ccc([N+](=O)[O-])cc2)N=C1C. The van der Waals surface area contributed by atoms with Crippen molar-refractivity contribution in [2.75, 3.05) is 12.0 Å². The van der Waals surface area contributed by atoms with Gasteiger partial charge in [0.25, 0.3) is 11.6 Å². The van der Waals surface area contributed by atoms with E-state index in [0.717, 1.165) is 0 Å². The van der Waals surface area contributed by atoms with Crippen molar-refractivity contribution in [1.29, 1.82) is 0 Å². The number of halogens is 1. The molecule has 0 saturated carbocycles. The van der Waals surface area contributed by atoms with E-state index in [9.17, 15) is 14.9 Å². The summed E-state index contributed by atoms with van der Waals surface area (Å²) < 4.78 is 5.31. The molecule has 7 nitrogen and oxygen atoms in total. The van der Waals surface area contributed by atoms with Gasteiger partial charge in [-0.2, -0.15) is 0 Å². The number of benzene rings is 2. The van der Waals surface area contributed by atoms with Crippen LogP contribution in [0.4, 0.5) is 11.4 Å². The molecule has 3 rings (SSSR count). The van der Waals surface area contributed by atoms with E-state index in [2.05, 4.69) is 4.99 Å². The fourth-order valence-electron chi connectivity index (χ4n) is 2.60. The van der Waals surface area contributed by atoms with Crippen LogP contribution in [0.15, 0.2) is 53.2 Å². The van der Waals surface area contributed by atoms with Crippen molar-refractivity contribution in [2.24, 2.45) is 4.99 Å². The Morgan fingerprint density at radius 1 is 1.23 bits per heavy atom. The summed E-state index contributed by atoms with van der Waals surface area (Å²) in [5, 5.41) is 11.2. The highest BCUT2D eigenvalue weighted by molar-refractivity contribution is 6.32. The number of hydrogen-bond donors (Lipinski definition) is 0. The van der Waals surface area contributed by atoms with Crippen LogP contribution < -0.4 is 9.64 Å². The molecule has 0 bridgehead atoms. The molecule has 1 heterocycles. The lowest BCUT2D eigenvalue weighted by atomic mass is 10.1. The minimum Gasteiger partial charge on any atom is -0.495 e. The van der Waals surface area contributed by atoms with E-state index in [1.807, 2.05) is 0 Å². The fraction of sp³-hybridized carbons (Fsp3) is 0.111. The third kappa shape index (κ3) is 3.29. The average molecular weight is 372 g/mol. The van der Waals surface area contributed by atoms with Gasteiger partial charge < -0.3 is 4.74 Å². The molecule has 0 N–H and O–H groups in total. The molecule has 0 aliphatic carbocycles. The Kier molecular flexibility index (Phi) is 4.73. The largest absolute Gasteiger partial charge is 0.495 e. The maximum Gasteiger partial charge on any atom is 0.282 e. The van der Waals surface area contributed by atoms with E-state index in [1.165, 1.54) is 24.1 Å². The van der Waals surface area contributed by atoms with Gasteiger partial charge in [0, 0.05) is 17.2 Å². The number of nitro benzene ring substituents is 1. The van der Waals surface area contributed by atoms with E-state index < -0.39 is 4.92 Å². The van der Waals surface area contributed by atoms with Crippen molar-refractivity contribution in [2.45, 2.75) is 6.92 Å². The zero-order valence-electron chi connectivity index (χ0n) is 14.0. The Bertz CT molecular complexity index is 951. The second kappa shape index (κ2) is 6.97. The highest BCUT2D eigenvalue weighted by atomic mass is 35.5. The first-order valence-corrected chi connectivity index (χ1v) is 7.98. The summed E-state index contributed by atoms with van der Waals surface area (Å²) in [4.78, 5) is 28.8. The maximum atomic E-state index is 12.8. The number of aliphatic imine (C=N–C) groups is 1. The van der Waals surface area contributed by atoms with Crippen LogP contribution in [-0.2, 0) is 4.79 Å². The van der Waals surface area contributed by atoms with Gasteiger partial charge in [0.05, 0.1) is 17.7 Å². The first kappa shape index (κ1) is 17.6. The summed E-state index contributed by atoms with van der Waals surface area (Å²) in [6.07, 6.45) is 1.58. The molecular formula is C18H14ClN3O4. The second-order valence-electron chi connectivity index (χ2n) is 5.49. The molecule has 0 saturated heterocycles. The zero-order valence-corrected chi connectivity index (χ0v) is 14.7. The number of nitro groups is 1. The van der Waals surface area contributed by atoms with Crippen molar-refractivity contribution < 1.29 is 14.5 Å². The van der Waals surface area contributed by atoms with E-state index in [0.29, 0.717) is 27.9 Å². The number of amides is 1. The van der Waals surface area contributed by atoms with Crippen LogP contribution in [0, 0.1) is 10.1 Å². The quantitative estimate of drug-likeness (QED) is 0.460. The number of ether oxygens (including phenoxy) is 1. The number of non-ortho nitro benzene ring substituents is 1. The third-order valence-corrected chi connectivity index (χ3v) is 4.05. The normalized spacial score (nSPS) is 15.3. The van der Waals surface area contributed by atoms with Gasteiger partial charge in [-0.1, -0.05) is 11.6 Å². The fourth-order valence-corrected chi connectivity index (χ4v) is 2.77. The van der Waals surface area contributed by atoms with Crippen molar-refractivity contribution >= 4 is 40.8 Å².